The third-order valence-corrected chi connectivity index (χ3v) is 11.5. The summed E-state index contributed by atoms with van der Waals surface area (Å²) in [7, 11) is 0. The Morgan fingerprint density at radius 2 is 0.610 bits per heavy atom. The van der Waals surface area contributed by atoms with E-state index in [0.717, 1.165) is 77.0 Å². The minimum absolute atomic E-state index is 0.0722. The summed E-state index contributed by atoms with van der Waals surface area (Å²) in [6.07, 6.45) is 54.4. The van der Waals surface area contributed by atoms with Crippen LogP contribution in [-0.2, 0) is 28.6 Å². The van der Waals surface area contributed by atoms with Gasteiger partial charge in [0, 0.05) is 19.3 Å². The van der Waals surface area contributed by atoms with Crippen molar-refractivity contribution in [3.8, 4) is 0 Å². The molecule has 346 valence electrons. The van der Waals surface area contributed by atoms with Gasteiger partial charge in [0.1, 0.15) is 13.2 Å². The maximum atomic E-state index is 12.8. The molecule has 0 heterocycles. The average molecular weight is 831 g/mol. The van der Waals surface area contributed by atoms with Gasteiger partial charge in [-0.2, -0.15) is 0 Å². The van der Waals surface area contributed by atoms with Crippen molar-refractivity contribution in [3.63, 3.8) is 0 Å². The molecule has 59 heavy (non-hydrogen) atoms. The summed E-state index contributed by atoms with van der Waals surface area (Å²) >= 11 is 0. The predicted molar refractivity (Wildman–Crippen MR) is 252 cm³/mol. The second kappa shape index (κ2) is 48.6. The summed E-state index contributed by atoms with van der Waals surface area (Å²) in [5.74, 6) is -0.872. The standard InChI is InChI=1S/C53H98O6/c1-4-7-10-13-16-19-22-25-26-29-32-35-38-41-44-47-53(56)59-50(48-57-51(54)45-42-39-36-33-30-27-23-20-17-14-11-8-5-2)49-58-52(55)46-43-40-37-34-31-28-24-21-18-15-12-9-6-3/h16,19,25-26,50H,4-15,17-18,20-24,27-49H2,1-3H3. The van der Waals surface area contributed by atoms with Gasteiger partial charge in [-0.15, -0.1) is 0 Å². The van der Waals surface area contributed by atoms with Gasteiger partial charge in [-0.05, 0) is 51.4 Å². The van der Waals surface area contributed by atoms with Gasteiger partial charge in [0.05, 0.1) is 0 Å². The minimum atomic E-state index is -0.772. The summed E-state index contributed by atoms with van der Waals surface area (Å²) in [6, 6.07) is 0. The van der Waals surface area contributed by atoms with Crippen molar-refractivity contribution < 1.29 is 28.6 Å². The lowest BCUT2D eigenvalue weighted by Crippen LogP contribution is -2.30. The molecule has 0 aromatic heterocycles. The van der Waals surface area contributed by atoms with E-state index < -0.39 is 6.10 Å². The van der Waals surface area contributed by atoms with E-state index in [4.69, 9.17) is 14.2 Å². The lowest BCUT2D eigenvalue weighted by atomic mass is 10.0. The Morgan fingerprint density at radius 3 is 0.966 bits per heavy atom. The second-order valence-corrected chi connectivity index (χ2v) is 17.4. The molecule has 0 fully saturated rings. The molecule has 0 amide bonds. The molecule has 0 aliphatic carbocycles. The van der Waals surface area contributed by atoms with Crippen molar-refractivity contribution in [2.75, 3.05) is 13.2 Å². The van der Waals surface area contributed by atoms with Crippen molar-refractivity contribution in [3.05, 3.63) is 24.3 Å². The molecule has 0 saturated heterocycles. The van der Waals surface area contributed by atoms with E-state index in [9.17, 15) is 14.4 Å². The molecule has 0 bridgehead atoms. The zero-order valence-electron chi connectivity index (χ0n) is 39.5. The second-order valence-electron chi connectivity index (χ2n) is 17.4. The predicted octanol–water partition coefficient (Wildman–Crippen LogP) is 16.8. The van der Waals surface area contributed by atoms with E-state index in [1.165, 1.54) is 161 Å². The number of hydrogen-bond acceptors (Lipinski definition) is 6. The van der Waals surface area contributed by atoms with Crippen molar-refractivity contribution in [1.82, 2.24) is 0 Å². The number of carbonyl (C=O) groups is 3. The number of carbonyl (C=O) groups excluding carboxylic acids is 3. The monoisotopic (exact) mass is 831 g/mol. The molecule has 0 aliphatic rings. The summed E-state index contributed by atoms with van der Waals surface area (Å²) in [5, 5.41) is 0. The molecule has 0 radical (unpaired) electrons. The molecule has 0 rings (SSSR count). The fraction of sp³-hybridized carbons (Fsp3) is 0.868. The average Bonchev–Trinajstić information content (AvgIpc) is 3.23. The number of rotatable bonds is 47. The van der Waals surface area contributed by atoms with Crippen LogP contribution in [0.15, 0.2) is 24.3 Å². The Labute approximate surface area is 366 Å². The minimum Gasteiger partial charge on any atom is -0.462 e. The maximum Gasteiger partial charge on any atom is 0.306 e. The van der Waals surface area contributed by atoms with Crippen molar-refractivity contribution in [2.24, 2.45) is 0 Å². The molecule has 0 saturated carbocycles. The summed E-state index contributed by atoms with van der Waals surface area (Å²) < 4.78 is 16.8. The zero-order chi connectivity index (χ0) is 43.0. The van der Waals surface area contributed by atoms with E-state index >= 15 is 0 Å². The number of esters is 3. The highest BCUT2D eigenvalue weighted by Gasteiger charge is 2.19. The smallest absolute Gasteiger partial charge is 0.306 e. The maximum absolute atomic E-state index is 12.8. The summed E-state index contributed by atoms with van der Waals surface area (Å²) in [5.41, 5.74) is 0. The van der Waals surface area contributed by atoms with Crippen LogP contribution in [0.4, 0.5) is 0 Å². The van der Waals surface area contributed by atoms with Crippen LogP contribution in [-0.4, -0.2) is 37.2 Å². The number of ether oxygens (including phenoxy) is 3. The first-order chi connectivity index (χ1) is 29.0. The van der Waals surface area contributed by atoms with Gasteiger partial charge in [0.25, 0.3) is 0 Å². The summed E-state index contributed by atoms with van der Waals surface area (Å²) in [4.78, 5) is 37.9. The van der Waals surface area contributed by atoms with E-state index in [2.05, 4.69) is 45.1 Å². The van der Waals surface area contributed by atoms with Crippen LogP contribution in [0.2, 0.25) is 0 Å². The van der Waals surface area contributed by atoms with E-state index in [0.29, 0.717) is 19.3 Å². The lowest BCUT2D eigenvalue weighted by molar-refractivity contribution is -0.167. The van der Waals surface area contributed by atoms with Crippen LogP contribution < -0.4 is 0 Å². The van der Waals surface area contributed by atoms with Gasteiger partial charge in [-0.25, -0.2) is 0 Å². The van der Waals surface area contributed by atoms with Crippen LogP contribution in [0.1, 0.15) is 278 Å². The first-order valence-electron chi connectivity index (χ1n) is 25.8. The molecule has 0 aromatic rings. The van der Waals surface area contributed by atoms with E-state index in [1.807, 2.05) is 0 Å². The molecule has 0 aliphatic heterocycles. The molecule has 6 nitrogen and oxygen atoms in total. The van der Waals surface area contributed by atoms with Crippen LogP contribution in [0.25, 0.3) is 0 Å². The molecular weight excluding hydrogens is 733 g/mol. The lowest BCUT2D eigenvalue weighted by Gasteiger charge is -2.18. The molecule has 6 heteroatoms. The Morgan fingerprint density at radius 1 is 0.339 bits per heavy atom. The highest BCUT2D eigenvalue weighted by Crippen LogP contribution is 2.16. The third-order valence-electron chi connectivity index (χ3n) is 11.5. The first-order valence-corrected chi connectivity index (χ1v) is 25.8. The van der Waals surface area contributed by atoms with Gasteiger partial charge >= 0.3 is 17.9 Å². The third kappa shape index (κ3) is 46.8. The van der Waals surface area contributed by atoms with Crippen LogP contribution in [0.5, 0.6) is 0 Å². The van der Waals surface area contributed by atoms with Crippen molar-refractivity contribution in [1.29, 1.82) is 0 Å². The molecule has 0 N–H and O–H groups in total. The number of hydrogen-bond donors (Lipinski definition) is 0. The molecule has 0 unspecified atom stereocenters. The van der Waals surface area contributed by atoms with Gasteiger partial charge < -0.3 is 14.2 Å². The highest BCUT2D eigenvalue weighted by molar-refractivity contribution is 5.71. The first kappa shape index (κ1) is 56.9. The van der Waals surface area contributed by atoms with Gasteiger partial charge in [0.15, 0.2) is 6.10 Å². The van der Waals surface area contributed by atoms with Gasteiger partial charge in [-0.1, -0.05) is 231 Å². The van der Waals surface area contributed by atoms with Crippen LogP contribution in [0, 0.1) is 0 Å². The van der Waals surface area contributed by atoms with Crippen molar-refractivity contribution >= 4 is 17.9 Å². The van der Waals surface area contributed by atoms with E-state index in [1.54, 1.807) is 0 Å². The molecular formula is C53H98O6. The Hall–Kier alpha value is -2.11. The topological polar surface area (TPSA) is 78.9 Å². The van der Waals surface area contributed by atoms with Crippen LogP contribution >= 0.6 is 0 Å². The SMILES string of the molecule is CCCCCC=CCC=CCCCCCCCC(=O)OC(COC(=O)CCCCCCCCCCCCCCC)COC(=O)CCCCCCCCCCCCCCC. The van der Waals surface area contributed by atoms with Gasteiger partial charge in [0.2, 0.25) is 0 Å². The number of allylic oxidation sites excluding steroid dienone is 4. The van der Waals surface area contributed by atoms with Crippen molar-refractivity contribution in [2.45, 2.75) is 284 Å². The Kier molecular flexibility index (Phi) is 46.8. The fourth-order valence-electron chi connectivity index (χ4n) is 7.53. The Bertz CT molecular complexity index is 912. The zero-order valence-corrected chi connectivity index (χ0v) is 39.5. The fourth-order valence-corrected chi connectivity index (χ4v) is 7.53. The highest BCUT2D eigenvalue weighted by atomic mass is 16.6. The molecule has 0 atom stereocenters. The van der Waals surface area contributed by atoms with Gasteiger partial charge in [-0.3, -0.25) is 14.4 Å². The normalized spacial score (nSPS) is 11.7. The Balaban J connectivity index is 4.37. The quantitative estimate of drug-likeness (QED) is 0.0263. The summed E-state index contributed by atoms with van der Waals surface area (Å²) in [6.45, 7) is 6.62. The largest absolute Gasteiger partial charge is 0.462 e. The van der Waals surface area contributed by atoms with E-state index in [-0.39, 0.29) is 31.1 Å². The molecule has 0 spiro atoms. The van der Waals surface area contributed by atoms with Crippen LogP contribution in [0.3, 0.4) is 0 Å². The molecule has 0 aromatic carbocycles. The number of unbranched alkanes of at least 4 members (excludes halogenated alkanes) is 32.